The minimum Gasteiger partial charge on any atom is -0.377 e. The van der Waals surface area contributed by atoms with Crippen molar-refractivity contribution in [1.29, 1.82) is 0 Å². The number of hydrogen-bond donors (Lipinski definition) is 2. The van der Waals surface area contributed by atoms with Crippen molar-refractivity contribution in [1.82, 2.24) is 5.32 Å². The molecule has 0 radical (unpaired) electrons. The van der Waals surface area contributed by atoms with Gasteiger partial charge >= 0.3 is 0 Å². The van der Waals surface area contributed by atoms with E-state index in [1.807, 2.05) is 11.8 Å². The summed E-state index contributed by atoms with van der Waals surface area (Å²) in [5.41, 5.74) is 5.21. The van der Waals surface area contributed by atoms with Gasteiger partial charge in [-0.25, -0.2) is 0 Å². The molecule has 3 N–H and O–H groups in total. The fourth-order valence-electron chi connectivity index (χ4n) is 2.72. The van der Waals surface area contributed by atoms with Crippen molar-refractivity contribution in [2.75, 3.05) is 24.7 Å². The Morgan fingerprint density at radius 2 is 2.26 bits per heavy atom. The van der Waals surface area contributed by atoms with E-state index >= 15 is 0 Å². The summed E-state index contributed by atoms with van der Waals surface area (Å²) in [7, 11) is 0. The molecule has 2 atom stereocenters. The normalized spacial score (nSPS) is 26.3. The molecule has 0 aromatic carbocycles. The number of amides is 1. The molecule has 2 aliphatic rings. The number of ether oxygens (including phenoxy) is 1. The van der Waals surface area contributed by atoms with Crippen LogP contribution in [0.4, 0.5) is 0 Å². The molecule has 2 unspecified atom stereocenters. The molecule has 1 amide bonds. The van der Waals surface area contributed by atoms with Crippen LogP contribution < -0.4 is 11.1 Å². The van der Waals surface area contributed by atoms with Crippen LogP contribution in [0, 0.1) is 5.92 Å². The van der Waals surface area contributed by atoms with Gasteiger partial charge in [0.05, 0.1) is 6.10 Å². The van der Waals surface area contributed by atoms with Crippen molar-refractivity contribution in [2.45, 2.75) is 50.7 Å². The second-order valence-corrected chi connectivity index (χ2v) is 6.72. The van der Waals surface area contributed by atoms with Crippen molar-refractivity contribution in [3.8, 4) is 0 Å². The zero-order chi connectivity index (χ0) is 13.7. The van der Waals surface area contributed by atoms with Gasteiger partial charge in [-0.2, -0.15) is 11.8 Å². The molecule has 19 heavy (non-hydrogen) atoms. The summed E-state index contributed by atoms with van der Waals surface area (Å²) in [6.45, 7) is 3.87. The van der Waals surface area contributed by atoms with Crippen LogP contribution in [0.15, 0.2) is 0 Å². The molecule has 0 spiro atoms. The molecule has 0 aromatic rings. The van der Waals surface area contributed by atoms with E-state index in [-0.39, 0.29) is 5.91 Å². The molecule has 1 saturated carbocycles. The lowest BCUT2D eigenvalue weighted by Gasteiger charge is -2.32. The predicted molar refractivity (Wildman–Crippen MR) is 79.2 cm³/mol. The van der Waals surface area contributed by atoms with E-state index in [0.29, 0.717) is 12.0 Å². The molecule has 5 heteroatoms. The molecule has 1 aliphatic heterocycles. The Bertz CT molecular complexity index is 304. The summed E-state index contributed by atoms with van der Waals surface area (Å²) in [4.78, 5) is 12.0. The maximum absolute atomic E-state index is 12.0. The highest BCUT2D eigenvalue weighted by Crippen LogP contribution is 2.41. The number of primary amides is 1. The van der Waals surface area contributed by atoms with Gasteiger partial charge in [0, 0.05) is 18.1 Å². The van der Waals surface area contributed by atoms with E-state index < -0.39 is 5.54 Å². The minimum absolute atomic E-state index is 0.178. The molecule has 0 aromatic heterocycles. The van der Waals surface area contributed by atoms with Gasteiger partial charge in [-0.1, -0.05) is 6.92 Å². The fourth-order valence-corrected chi connectivity index (χ4v) is 4.17. The molecule has 4 nitrogen and oxygen atoms in total. The molecule has 0 bridgehead atoms. The van der Waals surface area contributed by atoms with Crippen LogP contribution in [0.3, 0.4) is 0 Å². The highest BCUT2D eigenvalue weighted by atomic mass is 32.2. The number of carbonyl (C=O) groups excluding carboxylic acids is 1. The first-order chi connectivity index (χ1) is 9.19. The zero-order valence-electron chi connectivity index (χ0n) is 11.8. The van der Waals surface area contributed by atoms with Crippen LogP contribution in [-0.2, 0) is 9.53 Å². The van der Waals surface area contributed by atoms with E-state index in [1.165, 1.54) is 6.42 Å². The van der Waals surface area contributed by atoms with Gasteiger partial charge in [-0.15, -0.1) is 0 Å². The first-order valence-electron chi connectivity index (χ1n) is 7.43. The molecule has 2 rings (SSSR count). The molecular formula is C14H26N2O2S. The SMILES string of the molecule is CCCNC(CSCC1CCCO1)(C(N)=O)C1CC1. The van der Waals surface area contributed by atoms with Crippen LogP contribution in [0.5, 0.6) is 0 Å². The smallest absolute Gasteiger partial charge is 0.238 e. The second kappa shape index (κ2) is 6.95. The Balaban J connectivity index is 1.86. The summed E-state index contributed by atoms with van der Waals surface area (Å²) < 4.78 is 5.63. The Kier molecular flexibility index (Phi) is 5.54. The maximum Gasteiger partial charge on any atom is 0.238 e. The zero-order valence-corrected chi connectivity index (χ0v) is 12.6. The van der Waals surface area contributed by atoms with Crippen LogP contribution >= 0.6 is 11.8 Å². The molecule has 110 valence electrons. The molecule has 1 aliphatic carbocycles. The lowest BCUT2D eigenvalue weighted by molar-refractivity contribution is -0.124. The Morgan fingerprint density at radius 1 is 1.47 bits per heavy atom. The standard InChI is InChI=1S/C14H26N2O2S/c1-2-7-16-14(13(15)17,11-5-6-11)10-19-9-12-4-3-8-18-12/h11-12,16H,2-10H2,1H3,(H2,15,17). The van der Waals surface area contributed by atoms with Crippen LogP contribution in [0.1, 0.15) is 39.0 Å². The summed E-state index contributed by atoms with van der Waals surface area (Å²) >= 11 is 1.82. The van der Waals surface area contributed by atoms with Gasteiger partial charge in [0.15, 0.2) is 0 Å². The number of nitrogens with one attached hydrogen (secondary N) is 1. The number of carbonyl (C=O) groups is 1. The number of thioether (sulfide) groups is 1. The van der Waals surface area contributed by atoms with E-state index in [4.69, 9.17) is 10.5 Å². The second-order valence-electron chi connectivity index (χ2n) is 5.69. The fraction of sp³-hybridized carbons (Fsp3) is 0.929. The van der Waals surface area contributed by atoms with Gasteiger partial charge in [-0.05, 0) is 44.6 Å². The highest BCUT2D eigenvalue weighted by molar-refractivity contribution is 7.99. The lowest BCUT2D eigenvalue weighted by Crippen LogP contribution is -2.59. The summed E-state index contributed by atoms with van der Waals surface area (Å²) in [6.07, 6.45) is 5.98. The quantitative estimate of drug-likeness (QED) is 0.675. The third kappa shape index (κ3) is 3.86. The van der Waals surface area contributed by atoms with Gasteiger partial charge < -0.3 is 15.8 Å². The molecule has 1 heterocycles. The van der Waals surface area contributed by atoms with E-state index in [2.05, 4.69) is 12.2 Å². The third-order valence-corrected chi connectivity index (χ3v) is 5.33. The van der Waals surface area contributed by atoms with Crippen molar-refractivity contribution < 1.29 is 9.53 Å². The average Bonchev–Trinajstić information content (AvgIpc) is 3.11. The van der Waals surface area contributed by atoms with E-state index in [0.717, 1.165) is 50.3 Å². The molecule has 2 fully saturated rings. The van der Waals surface area contributed by atoms with Crippen molar-refractivity contribution in [3.63, 3.8) is 0 Å². The minimum atomic E-state index is -0.487. The summed E-state index contributed by atoms with van der Waals surface area (Å²) in [6, 6.07) is 0. The van der Waals surface area contributed by atoms with E-state index in [9.17, 15) is 4.79 Å². The number of hydrogen-bond acceptors (Lipinski definition) is 4. The van der Waals surface area contributed by atoms with Crippen molar-refractivity contribution in [3.05, 3.63) is 0 Å². The summed E-state index contributed by atoms with van der Waals surface area (Å²) in [5.74, 6) is 2.03. The molecular weight excluding hydrogens is 260 g/mol. The average molecular weight is 286 g/mol. The van der Waals surface area contributed by atoms with Gasteiger partial charge in [-0.3, -0.25) is 4.79 Å². The van der Waals surface area contributed by atoms with Gasteiger partial charge in [0.25, 0.3) is 0 Å². The summed E-state index contributed by atoms with van der Waals surface area (Å²) in [5, 5.41) is 3.43. The highest BCUT2D eigenvalue weighted by Gasteiger charge is 2.49. The van der Waals surface area contributed by atoms with Crippen LogP contribution in [0.25, 0.3) is 0 Å². The van der Waals surface area contributed by atoms with Gasteiger partial charge in [0.2, 0.25) is 5.91 Å². The topological polar surface area (TPSA) is 64.3 Å². The number of nitrogens with two attached hydrogens (primary N) is 1. The number of rotatable bonds is 9. The van der Waals surface area contributed by atoms with Crippen LogP contribution in [-0.4, -0.2) is 42.2 Å². The monoisotopic (exact) mass is 286 g/mol. The van der Waals surface area contributed by atoms with Crippen LogP contribution in [0.2, 0.25) is 0 Å². The first-order valence-corrected chi connectivity index (χ1v) is 8.59. The van der Waals surface area contributed by atoms with Crippen molar-refractivity contribution >= 4 is 17.7 Å². The largest absolute Gasteiger partial charge is 0.377 e. The molecule has 1 saturated heterocycles. The predicted octanol–water partition coefficient (Wildman–Crippen LogP) is 1.53. The van der Waals surface area contributed by atoms with Gasteiger partial charge in [0.1, 0.15) is 5.54 Å². The first kappa shape index (κ1) is 15.1. The van der Waals surface area contributed by atoms with Crippen molar-refractivity contribution in [2.24, 2.45) is 11.7 Å². The Hall–Kier alpha value is -0.260. The van der Waals surface area contributed by atoms with E-state index in [1.54, 1.807) is 0 Å². The Labute approximate surface area is 120 Å². The third-order valence-electron chi connectivity index (χ3n) is 4.06. The lowest BCUT2D eigenvalue weighted by atomic mass is 9.94. The Morgan fingerprint density at radius 3 is 2.79 bits per heavy atom. The maximum atomic E-state index is 12.0.